The SMILES string of the molecule is CC(C)C1CCN(Cc2ccc(F)cc2CN)CC1. The van der Waals surface area contributed by atoms with Crippen molar-refractivity contribution in [1.82, 2.24) is 4.90 Å². The Morgan fingerprint density at radius 3 is 2.53 bits per heavy atom. The Bertz CT molecular complexity index is 409. The van der Waals surface area contributed by atoms with E-state index in [1.54, 1.807) is 6.07 Å². The molecular weight excluding hydrogens is 239 g/mol. The number of piperidine rings is 1. The highest BCUT2D eigenvalue weighted by Crippen LogP contribution is 2.25. The molecule has 1 aliphatic heterocycles. The zero-order valence-corrected chi connectivity index (χ0v) is 12.0. The lowest BCUT2D eigenvalue weighted by atomic mass is 9.86. The van der Waals surface area contributed by atoms with Gasteiger partial charge in [0.05, 0.1) is 0 Å². The van der Waals surface area contributed by atoms with Crippen molar-refractivity contribution in [3.05, 3.63) is 35.1 Å². The summed E-state index contributed by atoms with van der Waals surface area (Å²) in [6.07, 6.45) is 2.55. The van der Waals surface area contributed by atoms with Gasteiger partial charge in [-0.3, -0.25) is 4.90 Å². The third-order valence-corrected chi connectivity index (χ3v) is 4.36. The van der Waals surface area contributed by atoms with E-state index in [4.69, 9.17) is 5.73 Å². The number of benzene rings is 1. The second kappa shape index (κ2) is 6.49. The molecule has 1 fully saturated rings. The van der Waals surface area contributed by atoms with Crippen molar-refractivity contribution in [2.75, 3.05) is 13.1 Å². The third-order valence-electron chi connectivity index (χ3n) is 4.36. The smallest absolute Gasteiger partial charge is 0.123 e. The molecule has 106 valence electrons. The zero-order valence-electron chi connectivity index (χ0n) is 12.0. The molecule has 0 spiro atoms. The summed E-state index contributed by atoms with van der Waals surface area (Å²) >= 11 is 0. The van der Waals surface area contributed by atoms with E-state index in [0.717, 1.165) is 37.0 Å². The zero-order chi connectivity index (χ0) is 13.8. The summed E-state index contributed by atoms with van der Waals surface area (Å²) in [4.78, 5) is 2.46. The predicted octanol–water partition coefficient (Wildman–Crippen LogP) is 3.15. The molecule has 19 heavy (non-hydrogen) atoms. The lowest BCUT2D eigenvalue weighted by molar-refractivity contribution is 0.151. The number of nitrogens with zero attached hydrogens (tertiary/aromatic N) is 1. The van der Waals surface area contributed by atoms with Crippen LogP contribution >= 0.6 is 0 Å². The first kappa shape index (κ1) is 14.5. The summed E-state index contributed by atoms with van der Waals surface area (Å²) < 4.78 is 13.2. The molecule has 1 heterocycles. The molecule has 2 N–H and O–H groups in total. The largest absolute Gasteiger partial charge is 0.326 e. The van der Waals surface area contributed by atoms with Crippen LogP contribution in [0.15, 0.2) is 18.2 Å². The van der Waals surface area contributed by atoms with Crippen LogP contribution in [0, 0.1) is 17.7 Å². The van der Waals surface area contributed by atoms with Crippen LogP contribution in [-0.4, -0.2) is 18.0 Å². The van der Waals surface area contributed by atoms with Crippen LogP contribution in [0.2, 0.25) is 0 Å². The summed E-state index contributed by atoms with van der Waals surface area (Å²) in [6.45, 7) is 8.22. The average molecular weight is 264 g/mol. The standard InChI is InChI=1S/C16H25FN2/c1-12(2)13-5-7-19(8-6-13)11-14-3-4-16(17)9-15(14)10-18/h3-4,9,12-13H,5-8,10-11,18H2,1-2H3. The second-order valence-corrected chi connectivity index (χ2v) is 5.97. The molecule has 0 saturated carbocycles. The molecule has 3 heteroatoms. The monoisotopic (exact) mass is 264 g/mol. The van der Waals surface area contributed by atoms with Crippen LogP contribution in [0.4, 0.5) is 4.39 Å². The molecule has 0 aromatic heterocycles. The molecule has 1 aromatic rings. The fraction of sp³-hybridized carbons (Fsp3) is 0.625. The summed E-state index contributed by atoms with van der Waals surface area (Å²) in [5.41, 5.74) is 7.81. The fourth-order valence-electron chi connectivity index (χ4n) is 2.96. The Hall–Kier alpha value is -0.930. The molecular formula is C16H25FN2. The lowest BCUT2D eigenvalue weighted by Crippen LogP contribution is -2.35. The van der Waals surface area contributed by atoms with Gasteiger partial charge in [-0.25, -0.2) is 4.39 Å². The molecule has 0 bridgehead atoms. The molecule has 1 aromatic carbocycles. The Labute approximate surface area is 115 Å². The van der Waals surface area contributed by atoms with E-state index in [9.17, 15) is 4.39 Å². The third kappa shape index (κ3) is 3.77. The van der Waals surface area contributed by atoms with Crippen LogP contribution in [0.1, 0.15) is 37.8 Å². The molecule has 0 radical (unpaired) electrons. The van der Waals surface area contributed by atoms with E-state index in [1.165, 1.54) is 24.5 Å². The second-order valence-electron chi connectivity index (χ2n) is 5.97. The quantitative estimate of drug-likeness (QED) is 0.905. The van der Waals surface area contributed by atoms with Gasteiger partial charge < -0.3 is 5.73 Å². The summed E-state index contributed by atoms with van der Waals surface area (Å²) in [5.74, 6) is 1.45. The van der Waals surface area contributed by atoms with Gasteiger partial charge in [0.2, 0.25) is 0 Å². The van der Waals surface area contributed by atoms with Crippen LogP contribution in [0.25, 0.3) is 0 Å². The first-order valence-electron chi connectivity index (χ1n) is 7.30. The molecule has 1 saturated heterocycles. The molecule has 0 amide bonds. The van der Waals surface area contributed by atoms with E-state index in [1.807, 2.05) is 6.07 Å². The van der Waals surface area contributed by atoms with Crippen molar-refractivity contribution in [3.8, 4) is 0 Å². The maximum absolute atomic E-state index is 13.2. The van der Waals surface area contributed by atoms with Gasteiger partial charge in [0, 0.05) is 13.1 Å². The van der Waals surface area contributed by atoms with Gasteiger partial charge in [-0.05, 0) is 61.0 Å². The Kier molecular flexibility index (Phi) is 4.94. The molecule has 0 unspecified atom stereocenters. The normalized spacial score (nSPS) is 18.2. The highest BCUT2D eigenvalue weighted by molar-refractivity contribution is 5.27. The van der Waals surface area contributed by atoms with E-state index >= 15 is 0 Å². The maximum atomic E-state index is 13.2. The molecule has 0 aliphatic carbocycles. The molecule has 1 aliphatic rings. The van der Waals surface area contributed by atoms with Gasteiger partial charge in [-0.2, -0.15) is 0 Å². The van der Waals surface area contributed by atoms with Crippen molar-refractivity contribution < 1.29 is 4.39 Å². The van der Waals surface area contributed by atoms with E-state index in [0.29, 0.717) is 6.54 Å². The van der Waals surface area contributed by atoms with Gasteiger partial charge in [0.15, 0.2) is 0 Å². The number of likely N-dealkylation sites (tertiary alicyclic amines) is 1. The lowest BCUT2D eigenvalue weighted by Gasteiger charge is -2.34. The van der Waals surface area contributed by atoms with Crippen molar-refractivity contribution in [2.45, 2.75) is 39.8 Å². The van der Waals surface area contributed by atoms with Crippen LogP contribution in [0.5, 0.6) is 0 Å². The number of hydrogen-bond donors (Lipinski definition) is 1. The number of nitrogens with two attached hydrogens (primary N) is 1. The Morgan fingerprint density at radius 2 is 1.95 bits per heavy atom. The summed E-state index contributed by atoms with van der Waals surface area (Å²) in [7, 11) is 0. The predicted molar refractivity (Wildman–Crippen MR) is 77.1 cm³/mol. The van der Waals surface area contributed by atoms with Crippen LogP contribution < -0.4 is 5.73 Å². The van der Waals surface area contributed by atoms with E-state index < -0.39 is 0 Å². The van der Waals surface area contributed by atoms with Crippen molar-refractivity contribution in [1.29, 1.82) is 0 Å². The Balaban J connectivity index is 1.95. The van der Waals surface area contributed by atoms with E-state index in [2.05, 4.69) is 18.7 Å². The van der Waals surface area contributed by atoms with Crippen LogP contribution in [0.3, 0.4) is 0 Å². The highest BCUT2D eigenvalue weighted by atomic mass is 19.1. The number of rotatable bonds is 4. The highest BCUT2D eigenvalue weighted by Gasteiger charge is 2.21. The Morgan fingerprint density at radius 1 is 1.26 bits per heavy atom. The first-order chi connectivity index (χ1) is 9.10. The maximum Gasteiger partial charge on any atom is 0.123 e. The minimum absolute atomic E-state index is 0.192. The molecule has 2 rings (SSSR count). The van der Waals surface area contributed by atoms with Crippen molar-refractivity contribution >= 4 is 0 Å². The minimum atomic E-state index is -0.192. The topological polar surface area (TPSA) is 29.3 Å². The summed E-state index contributed by atoms with van der Waals surface area (Å²) in [5, 5.41) is 0. The summed E-state index contributed by atoms with van der Waals surface area (Å²) in [6, 6.07) is 4.98. The number of halogens is 1. The van der Waals surface area contributed by atoms with Crippen molar-refractivity contribution in [3.63, 3.8) is 0 Å². The minimum Gasteiger partial charge on any atom is -0.326 e. The van der Waals surface area contributed by atoms with Gasteiger partial charge in [-0.1, -0.05) is 19.9 Å². The van der Waals surface area contributed by atoms with Crippen LogP contribution in [-0.2, 0) is 13.1 Å². The molecule has 2 nitrogen and oxygen atoms in total. The number of hydrogen-bond acceptors (Lipinski definition) is 2. The van der Waals surface area contributed by atoms with Gasteiger partial charge in [-0.15, -0.1) is 0 Å². The fourth-order valence-corrected chi connectivity index (χ4v) is 2.96. The average Bonchev–Trinajstić information content (AvgIpc) is 2.41. The van der Waals surface area contributed by atoms with Crippen molar-refractivity contribution in [2.24, 2.45) is 17.6 Å². The molecule has 0 atom stereocenters. The first-order valence-corrected chi connectivity index (χ1v) is 7.30. The van der Waals surface area contributed by atoms with Gasteiger partial charge in [0.1, 0.15) is 5.82 Å². The van der Waals surface area contributed by atoms with Gasteiger partial charge in [0.25, 0.3) is 0 Å². The van der Waals surface area contributed by atoms with E-state index in [-0.39, 0.29) is 5.82 Å². The van der Waals surface area contributed by atoms with Gasteiger partial charge >= 0.3 is 0 Å².